The number of halogens is 1. The van der Waals surface area contributed by atoms with Crippen molar-refractivity contribution in [1.29, 1.82) is 0 Å². The van der Waals surface area contributed by atoms with Crippen LogP contribution in [0.2, 0.25) is 0 Å². The second kappa shape index (κ2) is 11.4. The maximum absolute atomic E-state index is 12.1. The molecule has 0 spiro atoms. The smallest absolute Gasteiger partial charge is 0.241 e. The van der Waals surface area contributed by atoms with Crippen LogP contribution in [-0.2, 0) is 4.79 Å². The molecule has 6 nitrogen and oxygen atoms in total. The van der Waals surface area contributed by atoms with Gasteiger partial charge in [-0.3, -0.25) is 9.69 Å². The van der Waals surface area contributed by atoms with Crippen LogP contribution in [-0.4, -0.2) is 68.1 Å². The van der Waals surface area contributed by atoms with E-state index in [4.69, 9.17) is 10.5 Å². The quantitative estimate of drug-likeness (QED) is 0.717. The Bertz CT molecular complexity index is 533. The van der Waals surface area contributed by atoms with E-state index in [9.17, 15) is 4.79 Å². The maximum atomic E-state index is 12.1. The largest absolute Gasteiger partial charge is 0.492 e. The molecule has 1 saturated heterocycles. The van der Waals surface area contributed by atoms with Gasteiger partial charge in [0.15, 0.2) is 0 Å². The number of nitrogens with one attached hydrogen (secondary N) is 1. The predicted molar refractivity (Wildman–Crippen MR) is 109 cm³/mol. The molecule has 1 aliphatic heterocycles. The van der Waals surface area contributed by atoms with E-state index in [-0.39, 0.29) is 24.2 Å². The normalized spacial score (nSPS) is 17.8. The lowest BCUT2D eigenvalue weighted by atomic mass is 9.99. The fraction of sp³-hybridized carbons (Fsp3) is 0.632. The van der Waals surface area contributed by atoms with Gasteiger partial charge in [0.1, 0.15) is 12.4 Å². The minimum absolute atomic E-state index is 0. The molecule has 148 valence electrons. The summed E-state index contributed by atoms with van der Waals surface area (Å²) in [7, 11) is 2.16. The molecule has 7 heteroatoms. The molecule has 2 rings (SSSR count). The van der Waals surface area contributed by atoms with E-state index in [0.29, 0.717) is 6.61 Å². The number of anilines is 1. The summed E-state index contributed by atoms with van der Waals surface area (Å²) in [4.78, 5) is 16.9. The number of nitrogens with two attached hydrogens (primary N) is 1. The molecular formula is C19H33ClN4O2. The Hall–Kier alpha value is -1.34. The molecule has 1 aromatic carbocycles. The Balaban J connectivity index is 0.00000338. The Morgan fingerprint density at radius 3 is 2.42 bits per heavy atom. The second-order valence-corrected chi connectivity index (χ2v) is 6.92. The van der Waals surface area contributed by atoms with Gasteiger partial charge in [0.25, 0.3) is 0 Å². The number of benzene rings is 1. The van der Waals surface area contributed by atoms with Gasteiger partial charge >= 0.3 is 0 Å². The number of likely N-dealkylation sites (N-methyl/N-ethyl adjacent to an activating group) is 1. The van der Waals surface area contributed by atoms with Crippen molar-refractivity contribution in [3.63, 3.8) is 0 Å². The number of amides is 1. The molecule has 1 fully saturated rings. The van der Waals surface area contributed by atoms with Gasteiger partial charge in [-0.15, -0.1) is 12.4 Å². The zero-order valence-corrected chi connectivity index (χ0v) is 16.9. The number of carbonyl (C=O) groups is 1. The fourth-order valence-electron chi connectivity index (χ4n) is 2.74. The average molecular weight is 385 g/mol. The number of nitrogens with zero attached hydrogens (tertiary/aromatic N) is 2. The first-order chi connectivity index (χ1) is 12.0. The number of hydrogen-bond acceptors (Lipinski definition) is 5. The van der Waals surface area contributed by atoms with Crippen LogP contribution >= 0.6 is 12.4 Å². The molecule has 2 unspecified atom stereocenters. The molecule has 3 N–H and O–H groups in total. The van der Waals surface area contributed by atoms with E-state index < -0.39 is 6.04 Å². The van der Waals surface area contributed by atoms with Crippen LogP contribution in [0.5, 0.6) is 5.75 Å². The summed E-state index contributed by atoms with van der Waals surface area (Å²) in [5.41, 5.74) is 6.70. The molecule has 1 aromatic rings. The van der Waals surface area contributed by atoms with Crippen molar-refractivity contribution < 1.29 is 9.53 Å². The van der Waals surface area contributed by atoms with Crippen molar-refractivity contribution >= 4 is 24.0 Å². The Labute approximate surface area is 163 Å². The third-order valence-electron chi connectivity index (χ3n) is 4.95. The van der Waals surface area contributed by atoms with E-state index >= 15 is 0 Å². The number of ether oxygens (including phenoxy) is 1. The minimum atomic E-state index is -0.482. The summed E-state index contributed by atoms with van der Waals surface area (Å²) < 4.78 is 5.81. The van der Waals surface area contributed by atoms with Gasteiger partial charge in [0, 0.05) is 38.4 Å². The van der Waals surface area contributed by atoms with Gasteiger partial charge < -0.3 is 20.7 Å². The average Bonchev–Trinajstić information content (AvgIpc) is 2.63. The van der Waals surface area contributed by atoms with Crippen molar-refractivity contribution in [2.75, 3.05) is 51.7 Å². The molecule has 2 atom stereocenters. The molecule has 1 heterocycles. The number of rotatable bonds is 8. The maximum Gasteiger partial charge on any atom is 0.241 e. The van der Waals surface area contributed by atoms with Gasteiger partial charge in [-0.2, -0.15) is 0 Å². The van der Waals surface area contributed by atoms with E-state index in [1.807, 2.05) is 38.1 Å². The van der Waals surface area contributed by atoms with Crippen LogP contribution in [0.15, 0.2) is 24.3 Å². The van der Waals surface area contributed by atoms with Gasteiger partial charge in [-0.1, -0.05) is 20.3 Å². The lowest BCUT2D eigenvalue weighted by Crippen LogP contribution is -2.45. The number of hydrogen-bond donors (Lipinski definition) is 2. The minimum Gasteiger partial charge on any atom is -0.492 e. The van der Waals surface area contributed by atoms with E-state index in [0.717, 1.165) is 50.6 Å². The van der Waals surface area contributed by atoms with E-state index in [1.165, 1.54) is 0 Å². The summed E-state index contributed by atoms with van der Waals surface area (Å²) >= 11 is 0. The van der Waals surface area contributed by atoms with Crippen LogP contribution in [0.1, 0.15) is 20.3 Å². The fourth-order valence-corrected chi connectivity index (χ4v) is 2.74. The summed E-state index contributed by atoms with van der Waals surface area (Å²) in [6, 6.07) is 6.99. The topological polar surface area (TPSA) is 70.8 Å². The molecule has 0 aromatic heterocycles. The second-order valence-electron chi connectivity index (χ2n) is 6.92. The third kappa shape index (κ3) is 7.11. The molecule has 26 heavy (non-hydrogen) atoms. The summed E-state index contributed by atoms with van der Waals surface area (Å²) in [6.45, 7) is 10.1. The SMILES string of the molecule is CCC(C)C(N)C(=O)Nc1ccc(OCCN2CCN(C)CC2)cc1.Cl. The van der Waals surface area contributed by atoms with Gasteiger partial charge in [0.05, 0.1) is 6.04 Å². The van der Waals surface area contributed by atoms with Gasteiger partial charge in [-0.25, -0.2) is 0 Å². The highest BCUT2D eigenvalue weighted by Crippen LogP contribution is 2.17. The van der Waals surface area contributed by atoms with Crippen LogP contribution < -0.4 is 15.8 Å². The lowest BCUT2D eigenvalue weighted by molar-refractivity contribution is -0.118. The summed E-state index contributed by atoms with van der Waals surface area (Å²) in [5.74, 6) is 0.841. The highest BCUT2D eigenvalue weighted by atomic mass is 35.5. The van der Waals surface area contributed by atoms with E-state index in [1.54, 1.807) is 0 Å². The molecule has 0 aliphatic carbocycles. The Morgan fingerprint density at radius 2 is 1.85 bits per heavy atom. The molecule has 1 amide bonds. The van der Waals surface area contributed by atoms with Gasteiger partial charge in [-0.05, 0) is 37.2 Å². The molecular weight excluding hydrogens is 352 g/mol. The first-order valence-electron chi connectivity index (χ1n) is 9.19. The molecule has 0 saturated carbocycles. The zero-order valence-electron chi connectivity index (χ0n) is 16.1. The molecule has 0 bridgehead atoms. The van der Waals surface area contributed by atoms with Crippen molar-refractivity contribution in [3.8, 4) is 5.75 Å². The van der Waals surface area contributed by atoms with Crippen LogP contribution in [0.4, 0.5) is 5.69 Å². The number of piperazine rings is 1. The molecule has 0 radical (unpaired) electrons. The highest BCUT2D eigenvalue weighted by Gasteiger charge is 2.19. The predicted octanol–water partition coefficient (Wildman–Crippen LogP) is 2.05. The first kappa shape index (κ1) is 22.7. The third-order valence-corrected chi connectivity index (χ3v) is 4.95. The van der Waals surface area contributed by atoms with Crippen LogP contribution in [0.25, 0.3) is 0 Å². The van der Waals surface area contributed by atoms with Crippen molar-refractivity contribution in [1.82, 2.24) is 9.80 Å². The van der Waals surface area contributed by atoms with Crippen molar-refractivity contribution in [2.45, 2.75) is 26.3 Å². The summed E-state index contributed by atoms with van der Waals surface area (Å²) in [6.07, 6.45) is 0.884. The standard InChI is InChI=1S/C19H32N4O2.ClH/c1-4-15(2)18(20)19(24)21-16-5-7-17(8-6-16)25-14-13-23-11-9-22(3)10-12-23;/h5-8,15,18H,4,9-14,20H2,1-3H3,(H,21,24);1H. The highest BCUT2D eigenvalue weighted by molar-refractivity contribution is 5.94. The van der Waals surface area contributed by atoms with Crippen molar-refractivity contribution in [3.05, 3.63) is 24.3 Å². The Kier molecular flexibility index (Phi) is 9.94. The lowest BCUT2D eigenvalue weighted by Gasteiger charge is -2.32. The zero-order chi connectivity index (χ0) is 18.2. The first-order valence-corrected chi connectivity index (χ1v) is 9.19. The monoisotopic (exact) mass is 384 g/mol. The van der Waals surface area contributed by atoms with Crippen LogP contribution in [0, 0.1) is 5.92 Å². The van der Waals surface area contributed by atoms with Crippen LogP contribution in [0.3, 0.4) is 0 Å². The van der Waals surface area contributed by atoms with Gasteiger partial charge in [0.2, 0.25) is 5.91 Å². The summed E-state index contributed by atoms with van der Waals surface area (Å²) in [5, 5.41) is 2.86. The van der Waals surface area contributed by atoms with Crippen molar-refractivity contribution in [2.24, 2.45) is 11.7 Å². The Morgan fingerprint density at radius 1 is 1.23 bits per heavy atom. The number of carbonyl (C=O) groups excluding carboxylic acids is 1. The molecule has 1 aliphatic rings. The van der Waals surface area contributed by atoms with E-state index in [2.05, 4.69) is 22.2 Å².